The van der Waals surface area contributed by atoms with E-state index in [1.165, 1.54) is 0 Å². The van der Waals surface area contributed by atoms with Crippen LogP contribution in [-0.2, 0) is 6.42 Å². The monoisotopic (exact) mass is 438 g/mol. The quantitative estimate of drug-likeness (QED) is 0.694. The summed E-state index contributed by atoms with van der Waals surface area (Å²) in [5.74, 6) is -1.49. The second-order valence-corrected chi connectivity index (χ2v) is 6.29. The van der Waals surface area contributed by atoms with Gasteiger partial charge < -0.3 is 5.11 Å². The first-order valence-corrected chi connectivity index (χ1v) is 7.41. The molecule has 1 N–H and O–H groups in total. The van der Waals surface area contributed by atoms with Gasteiger partial charge in [-0.05, 0) is 52.4 Å². The first-order chi connectivity index (χ1) is 8.97. The van der Waals surface area contributed by atoms with Gasteiger partial charge in [-0.1, -0.05) is 28.1 Å². The maximum atomic E-state index is 13.7. The van der Waals surface area contributed by atoms with E-state index < -0.39 is 17.7 Å². The molecule has 0 aliphatic carbocycles. The van der Waals surface area contributed by atoms with Gasteiger partial charge in [0.15, 0.2) is 0 Å². The van der Waals surface area contributed by atoms with Crippen LogP contribution in [-0.4, -0.2) is 5.11 Å². The van der Waals surface area contributed by atoms with Crippen molar-refractivity contribution in [1.29, 1.82) is 0 Å². The van der Waals surface area contributed by atoms with Crippen LogP contribution >= 0.6 is 38.5 Å². The first kappa shape index (κ1) is 14.9. The summed E-state index contributed by atoms with van der Waals surface area (Å²) in [6.45, 7) is 0. The second-order valence-electron chi connectivity index (χ2n) is 4.13. The zero-order valence-corrected chi connectivity index (χ0v) is 13.5. The molecule has 5 heteroatoms. The van der Waals surface area contributed by atoms with Crippen LogP contribution in [0.4, 0.5) is 8.78 Å². The number of benzene rings is 2. The van der Waals surface area contributed by atoms with E-state index in [0.717, 1.165) is 21.3 Å². The van der Waals surface area contributed by atoms with Gasteiger partial charge >= 0.3 is 0 Å². The third-order valence-corrected chi connectivity index (χ3v) is 3.90. The van der Waals surface area contributed by atoms with Crippen molar-refractivity contribution in [2.75, 3.05) is 0 Å². The summed E-state index contributed by atoms with van der Waals surface area (Å²) in [5, 5.41) is 10.00. The summed E-state index contributed by atoms with van der Waals surface area (Å²) in [7, 11) is 0. The third kappa shape index (κ3) is 3.73. The van der Waals surface area contributed by atoms with E-state index in [1.54, 1.807) is 0 Å². The summed E-state index contributed by atoms with van der Waals surface area (Å²) >= 11 is 5.18. The number of hydrogen-bond donors (Lipinski definition) is 1. The van der Waals surface area contributed by atoms with Crippen molar-refractivity contribution in [2.45, 2.75) is 12.5 Å². The van der Waals surface area contributed by atoms with E-state index in [9.17, 15) is 13.9 Å². The average molecular weight is 439 g/mol. The number of rotatable bonds is 3. The minimum Gasteiger partial charge on any atom is -0.388 e. The predicted molar refractivity (Wildman–Crippen MR) is 81.9 cm³/mol. The van der Waals surface area contributed by atoms with E-state index in [-0.39, 0.29) is 12.0 Å². The van der Waals surface area contributed by atoms with Crippen LogP contribution < -0.4 is 0 Å². The molecule has 19 heavy (non-hydrogen) atoms. The third-order valence-electron chi connectivity index (χ3n) is 2.72. The molecule has 1 unspecified atom stereocenters. The Morgan fingerprint density at radius 2 is 1.63 bits per heavy atom. The van der Waals surface area contributed by atoms with Gasteiger partial charge in [-0.25, -0.2) is 8.78 Å². The molecule has 0 saturated heterocycles. The van der Waals surface area contributed by atoms with Crippen molar-refractivity contribution in [2.24, 2.45) is 0 Å². The first-order valence-electron chi connectivity index (χ1n) is 5.54. The Hall–Kier alpha value is -0.530. The number of halogens is 4. The lowest BCUT2D eigenvalue weighted by Crippen LogP contribution is -2.07. The highest BCUT2D eigenvalue weighted by Gasteiger charge is 2.19. The molecule has 2 rings (SSSR count). The molecular weight excluding hydrogens is 429 g/mol. The average Bonchev–Trinajstić information content (AvgIpc) is 2.30. The zero-order chi connectivity index (χ0) is 14.0. The summed E-state index contributed by atoms with van der Waals surface area (Å²) in [6, 6.07) is 9.73. The maximum Gasteiger partial charge on any atom is 0.133 e. The standard InChI is InChI=1S/C14H10BrF2IO/c15-9-6-11(16)14(12(17)7-9)13(19)5-8-1-3-10(18)4-2-8/h1-4,6-7,13,19H,5H2. The summed E-state index contributed by atoms with van der Waals surface area (Å²) < 4.78 is 28.8. The van der Waals surface area contributed by atoms with Crippen molar-refractivity contribution in [3.63, 3.8) is 0 Å². The summed E-state index contributed by atoms with van der Waals surface area (Å²) in [6.07, 6.45) is -1.03. The molecule has 2 aromatic carbocycles. The Labute approximate surface area is 131 Å². The van der Waals surface area contributed by atoms with Crippen LogP contribution in [0.1, 0.15) is 17.2 Å². The molecule has 0 heterocycles. The smallest absolute Gasteiger partial charge is 0.133 e. The minimum absolute atomic E-state index is 0.173. The predicted octanol–water partition coefficient (Wildman–Crippen LogP) is 4.61. The highest BCUT2D eigenvalue weighted by atomic mass is 127. The van der Waals surface area contributed by atoms with Gasteiger partial charge in [-0.2, -0.15) is 0 Å². The minimum atomic E-state index is -1.20. The van der Waals surface area contributed by atoms with E-state index in [2.05, 4.69) is 38.5 Å². The molecule has 0 fully saturated rings. The molecule has 0 aliphatic rings. The fourth-order valence-electron chi connectivity index (χ4n) is 1.82. The normalized spacial score (nSPS) is 12.5. The molecule has 100 valence electrons. The van der Waals surface area contributed by atoms with Crippen molar-refractivity contribution in [1.82, 2.24) is 0 Å². The summed E-state index contributed by atoms with van der Waals surface area (Å²) in [4.78, 5) is 0. The van der Waals surface area contributed by atoms with Crippen LogP contribution in [0.5, 0.6) is 0 Å². The Kier molecular flexibility index (Phi) is 4.92. The summed E-state index contributed by atoms with van der Waals surface area (Å²) in [5.41, 5.74) is 0.538. The molecule has 0 amide bonds. The van der Waals surface area contributed by atoms with E-state index in [1.807, 2.05) is 24.3 Å². The molecule has 0 saturated carbocycles. The largest absolute Gasteiger partial charge is 0.388 e. The Balaban J connectivity index is 2.25. The molecule has 1 nitrogen and oxygen atoms in total. The van der Waals surface area contributed by atoms with Crippen LogP contribution in [0.25, 0.3) is 0 Å². The highest BCUT2D eigenvalue weighted by Crippen LogP contribution is 2.27. The van der Waals surface area contributed by atoms with Gasteiger partial charge in [0.1, 0.15) is 11.6 Å². The fraction of sp³-hybridized carbons (Fsp3) is 0.143. The lowest BCUT2D eigenvalue weighted by atomic mass is 10.0. The van der Waals surface area contributed by atoms with Gasteiger partial charge in [0, 0.05) is 14.5 Å². The number of aliphatic hydroxyl groups is 1. The van der Waals surface area contributed by atoms with Crippen LogP contribution in [0, 0.1) is 15.2 Å². The number of hydrogen-bond acceptors (Lipinski definition) is 1. The molecule has 1 atom stereocenters. The molecule has 2 aromatic rings. The Morgan fingerprint density at radius 1 is 1.11 bits per heavy atom. The number of aliphatic hydroxyl groups excluding tert-OH is 1. The topological polar surface area (TPSA) is 20.2 Å². The Morgan fingerprint density at radius 3 is 2.16 bits per heavy atom. The molecule has 0 aromatic heterocycles. The molecule has 0 aliphatic heterocycles. The van der Waals surface area contributed by atoms with Crippen LogP contribution in [0.15, 0.2) is 40.9 Å². The van der Waals surface area contributed by atoms with E-state index >= 15 is 0 Å². The van der Waals surface area contributed by atoms with Crippen molar-refractivity contribution in [3.05, 3.63) is 67.2 Å². The van der Waals surface area contributed by atoms with Crippen molar-refractivity contribution < 1.29 is 13.9 Å². The molecular formula is C14H10BrF2IO. The fourth-order valence-corrected chi connectivity index (χ4v) is 2.58. The van der Waals surface area contributed by atoms with Crippen molar-refractivity contribution >= 4 is 38.5 Å². The molecule has 0 radical (unpaired) electrons. The van der Waals surface area contributed by atoms with Gasteiger partial charge in [0.2, 0.25) is 0 Å². The zero-order valence-electron chi connectivity index (χ0n) is 9.71. The van der Waals surface area contributed by atoms with Crippen LogP contribution in [0.2, 0.25) is 0 Å². The SMILES string of the molecule is OC(Cc1ccc(I)cc1)c1c(F)cc(Br)cc1F. The molecule has 0 bridgehead atoms. The highest BCUT2D eigenvalue weighted by molar-refractivity contribution is 14.1. The Bertz CT molecular complexity index is 563. The van der Waals surface area contributed by atoms with Crippen molar-refractivity contribution in [3.8, 4) is 0 Å². The van der Waals surface area contributed by atoms with Gasteiger partial charge in [0.05, 0.1) is 11.7 Å². The lowest BCUT2D eigenvalue weighted by Gasteiger charge is -2.13. The van der Waals surface area contributed by atoms with Crippen LogP contribution in [0.3, 0.4) is 0 Å². The van der Waals surface area contributed by atoms with Gasteiger partial charge in [-0.15, -0.1) is 0 Å². The van der Waals surface area contributed by atoms with E-state index in [4.69, 9.17) is 0 Å². The lowest BCUT2D eigenvalue weighted by molar-refractivity contribution is 0.168. The molecule has 0 spiro atoms. The van der Waals surface area contributed by atoms with Gasteiger partial charge in [0.25, 0.3) is 0 Å². The maximum absolute atomic E-state index is 13.7. The second kappa shape index (κ2) is 6.28. The van der Waals surface area contributed by atoms with Gasteiger partial charge in [-0.3, -0.25) is 0 Å². The van der Waals surface area contributed by atoms with E-state index in [0.29, 0.717) is 4.47 Å².